The molecule has 7 nitrogen and oxygen atoms in total. The number of ether oxygens (including phenoxy) is 1. The fourth-order valence-corrected chi connectivity index (χ4v) is 3.73. The summed E-state index contributed by atoms with van der Waals surface area (Å²) < 4.78 is 25.1. The van der Waals surface area contributed by atoms with E-state index in [-0.39, 0.29) is 11.7 Å². The van der Waals surface area contributed by atoms with Gasteiger partial charge in [-0.25, -0.2) is 4.39 Å². The van der Waals surface area contributed by atoms with Crippen LogP contribution in [0.4, 0.5) is 15.8 Å². The second kappa shape index (κ2) is 6.66. The van der Waals surface area contributed by atoms with Gasteiger partial charge in [-0.15, -0.1) is 0 Å². The maximum atomic E-state index is 14.2. The number of benzene rings is 1. The molecule has 5 rings (SSSR count). The van der Waals surface area contributed by atoms with Crippen molar-refractivity contribution < 1.29 is 18.3 Å². The Balaban J connectivity index is 1.74. The number of methoxy groups -OCH3 is 1. The van der Waals surface area contributed by atoms with Crippen LogP contribution in [-0.2, 0) is 6.42 Å². The van der Waals surface area contributed by atoms with E-state index < -0.39 is 5.82 Å². The molecular weight excluding hydrogens is 375 g/mol. The molecule has 0 atom stereocenters. The molecule has 0 saturated carbocycles. The second-order valence-corrected chi connectivity index (χ2v) is 6.67. The van der Waals surface area contributed by atoms with E-state index in [1.165, 1.54) is 13.2 Å². The average Bonchev–Trinajstić information content (AvgIpc) is 3.34. The van der Waals surface area contributed by atoms with E-state index in [0.29, 0.717) is 46.7 Å². The number of aromatic nitrogens is 2. The summed E-state index contributed by atoms with van der Waals surface area (Å²) in [6.07, 6.45) is 3.90. The van der Waals surface area contributed by atoms with E-state index in [4.69, 9.17) is 9.15 Å². The number of carbonyl (C=O) groups is 1. The van der Waals surface area contributed by atoms with Gasteiger partial charge in [0.1, 0.15) is 5.52 Å². The van der Waals surface area contributed by atoms with Gasteiger partial charge in [-0.05, 0) is 18.2 Å². The number of rotatable bonds is 4. The smallest absolute Gasteiger partial charge is 0.255 e. The number of aromatic amines is 1. The maximum Gasteiger partial charge on any atom is 0.255 e. The molecule has 4 aromatic rings. The molecule has 0 radical (unpaired) electrons. The Morgan fingerprint density at radius 2 is 2.17 bits per heavy atom. The van der Waals surface area contributed by atoms with E-state index in [2.05, 4.69) is 20.6 Å². The van der Waals surface area contributed by atoms with Crippen molar-refractivity contribution in [3.05, 3.63) is 59.9 Å². The molecule has 0 aliphatic carbocycles. The zero-order valence-corrected chi connectivity index (χ0v) is 15.5. The predicted octanol–water partition coefficient (Wildman–Crippen LogP) is 4.00. The first-order valence-electron chi connectivity index (χ1n) is 9.12. The number of pyridine rings is 1. The first kappa shape index (κ1) is 17.3. The largest absolute Gasteiger partial charge is 0.492 e. The van der Waals surface area contributed by atoms with Crippen molar-refractivity contribution in [2.75, 3.05) is 19.0 Å². The topological polar surface area (TPSA) is 92.2 Å². The molecule has 1 amide bonds. The van der Waals surface area contributed by atoms with Crippen LogP contribution in [-0.4, -0.2) is 29.5 Å². The van der Waals surface area contributed by atoms with Crippen LogP contribution in [0, 0.1) is 5.82 Å². The van der Waals surface area contributed by atoms with E-state index in [0.717, 1.165) is 11.3 Å². The number of furan rings is 1. The Bertz CT molecular complexity index is 1240. The number of para-hydroxylation sites is 1. The maximum absolute atomic E-state index is 14.2. The highest BCUT2D eigenvalue weighted by molar-refractivity contribution is 6.08. The zero-order chi connectivity index (χ0) is 20.0. The standard InChI is InChI=1S/C21H17FN4O3/c1-28-20-12(22)3-2-4-15(20)26-18-16-13(6-9-24-21(16)27)25-17(18)11-5-8-23-14-7-10-29-19(11)14/h2-5,7-8,10,25-26H,6,9H2,1H3,(H,24,27). The van der Waals surface area contributed by atoms with E-state index in [9.17, 15) is 9.18 Å². The van der Waals surface area contributed by atoms with Gasteiger partial charge < -0.3 is 24.8 Å². The summed E-state index contributed by atoms with van der Waals surface area (Å²) in [7, 11) is 1.40. The Morgan fingerprint density at radius 1 is 1.28 bits per heavy atom. The van der Waals surface area contributed by atoms with Gasteiger partial charge in [0, 0.05) is 36.5 Å². The second-order valence-electron chi connectivity index (χ2n) is 6.67. The van der Waals surface area contributed by atoms with Gasteiger partial charge in [0.2, 0.25) is 0 Å². The quantitative estimate of drug-likeness (QED) is 0.488. The third-order valence-corrected chi connectivity index (χ3v) is 5.01. The third-order valence-electron chi connectivity index (χ3n) is 5.01. The van der Waals surface area contributed by atoms with Crippen LogP contribution in [0.5, 0.6) is 5.75 Å². The van der Waals surface area contributed by atoms with Crippen molar-refractivity contribution in [2.24, 2.45) is 0 Å². The van der Waals surface area contributed by atoms with Crippen molar-refractivity contribution in [1.82, 2.24) is 15.3 Å². The fourth-order valence-electron chi connectivity index (χ4n) is 3.73. The van der Waals surface area contributed by atoms with Gasteiger partial charge >= 0.3 is 0 Å². The van der Waals surface area contributed by atoms with Gasteiger partial charge in [0.05, 0.1) is 36.0 Å². The summed E-state index contributed by atoms with van der Waals surface area (Å²) in [5, 5.41) is 6.07. The van der Waals surface area contributed by atoms with Gasteiger partial charge in [0.15, 0.2) is 17.1 Å². The summed E-state index contributed by atoms with van der Waals surface area (Å²) in [5.74, 6) is -0.621. The molecule has 29 heavy (non-hydrogen) atoms. The summed E-state index contributed by atoms with van der Waals surface area (Å²) in [6, 6.07) is 8.18. The Hall–Kier alpha value is -3.81. The summed E-state index contributed by atoms with van der Waals surface area (Å²) in [5.41, 5.74) is 4.96. The van der Waals surface area contributed by atoms with Gasteiger partial charge in [0.25, 0.3) is 5.91 Å². The highest BCUT2D eigenvalue weighted by atomic mass is 19.1. The average molecular weight is 392 g/mol. The van der Waals surface area contributed by atoms with Gasteiger partial charge in [-0.1, -0.05) is 6.07 Å². The van der Waals surface area contributed by atoms with Gasteiger partial charge in [-0.3, -0.25) is 9.78 Å². The van der Waals surface area contributed by atoms with Crippen molar-refractivity contribution in [2.45, 2.75) is 6.42 Å². The Kier molecular flexibility index (Phi) is 3.97. The molecule has 3 N–H and O–H groups in total. The third kappa shape index (κ3) is 2.72. The van der Waals surface area contributed by atoms with E-state index in [1.54, 1.807) is 30.7 Å². The minimum Gasteiger partial charge on any atom is -0.492 e. The first-order valence-corrected chi connectivity index (χ1v) is 9.12. The molecule has 1 aliphatic rings. The number of H-pyrrole nitrogens is 1. The monoisotopic (exact) mass is 392 g/mol. The lowest BCUT2D eigenvalue weighted by atomic mass is 10.0. The molecule has 4 heterocycles. The molecule has 0 fully saturated rings. The number of anilines is 2. The highest BCUT2D eigenvalue weighted by Crippen LogP contribution is 2.41. The number of nitrogens with zero attached hydrogens (tertiary/aromatic N) is 1. The fraction of sp³-hybridized carbons (Fsp3) is 0.143. The van der Waals surface area contributed by atoms with Crippen LogP contribution < -0.4 is 15.4 Å². The molecule has 146 valence electrons. The molecule has 0 bridgehead atoms. The SMILES string of the molecule is COc1c(F)cccc1Nc1c(-c2ccnc3ccoc23)[nH]c2c1C(=O)NCC2. The lowest BCUT2D eigenvalue weighted by Crippen LogP contribution is -2.31. The van der Waals surface area contributed by atoms with Crippen LogP contribution >= 0.6 is 0 Å². The highest BCUT2D eigenvalue weighted by Gasteiger charge is 2.28. The van der Waals surface area contributed by atoms with Crippen molar-refractivity contribution >= 4 is 28.4 Å². The number of halogens is 1. The molecule has 1 aliphatic heterocycles. The minimum atomic E-state index is -0.495. The lowest BCUT2D eigenvalue weighted by Gasteiger charge is -2.16. The number of hydrogen-bond donors (Lipinski definition) is 3. The van der Waals surface area contributed by atoms with Crippen LogP contribution in [0.25, 0.3) is 22.4 Å². The summed E-state index contributed by atoms with van der Waals surface area (Å²) >= 11 is 0. The molecule has 3 aromatic heterocycles. The van der Waals surface area contributed by atoms with E-state index >= 15 is 0 Å². The number of amides is 1. The summed E-state index contributed by atoms with van der Waals surface area (Å²) in [6.45, 7) is 0.543. The predicted molar refractivity (Wildman–Crippen MR) is 106 cm³/mol. The van der Waals surface area contributed by atoms with Crippen LogP contribution in [0.15, 0.2) is 47.2 Å². The molecule has 0 saturated heterocycles. The van der Waals surface area contributed by atoms with Crippen LogP contribution in [0.2, 0.25) is 0 Å². The zero-order valence-electron chi connectivity index (χ0n) is 15.5. The summed E-state index contributed by atoms with van der Waals surface area (Å²) in [4.78, 5) is 20.3. The number of nitrogens with one attached hydrogen (secondary N) is 3. The lowest BCUT2D eigenvalue weighted by molar-refractivity contribution is 0.0947. The van der Waals surface area contributed by atoms with Gasteiger partial charge in [-0.2, -0.15) is 0 Å². The molecule has 0 unspecified atom stereocenters. The Morgan fingerprint density at radius 3 is 3.03 bits per heavy atom. The first-order chi connectivity index (χ1) is 14.2. The van der Waals surface area contributed by atoms with Crippen molar-refractivity contribution in [1.29, 1.82) is 0 Å². The van der Waals surface area contributed by atoms with Crippen LogP contribution in [0.3, 0.4) is 0 Å². The number of hydrogen-bond acceptors (Lipinski definition) is 5. The number of carbonyl (C=O) groups excluding carboxylic acids is 1. The molecule has 8 heteroatoms. The number of fused-ring (bicyclic) bond motifs is 2. The molecule has 0 spiro atoms. The minimum absolute atomic E-state index is 0.0718. The normalized spacial score (nSPS) is 13.2. The Labute approximate surface area is 164 Å². The molecule has 1 aromatic carbocycles. The van der Waals surface area contributed by atoms with E-state index in [1.807, 2.05) is 6.07 Å². The van der Waals surface area contributed by atoms with Crippen molar-refractivity contribution in [3.63, 3.8) is 0 Å². The van der Waals surface area contributed by atoms with Crippen molar-refractivity contribution in [3.8, 4) is 17.0 Å². The van der Waals surface area contributed by atoms with Crippen LogP contribution in [0.1, 0.15) is 16.1 Å². The molecular formula is C21H17FN4O3.